The fourth-order valence-corrected chi connectivity index (χ4v) is 3.60. The average Bonchev–Trinajstić information content (AvgIpc) is 2.40. The molecule has 1 atom stereocenters. The van der Waals surface area contributed by atoms with Crippen LogP contribution in [0.1, 0.15) is 18.4 Å². The highest BCUT2D eigenvalue weighted by atomic mass is 32.2. The van der Waals surface area contributed by atoms with E-state index in [4.69, 9.17) is 0 Å². The fraction of sp³-hybridized carbons (Fsp3) is 0.571. The van der Waals surface area contributed by atoms with Gasteiger partial charge < -0.3 is 5.32 Å². The zero-order valence-corrected chi connectivity index (χ0v) is 12.3. The van der Waals surface area contributed by atoms with Gasteiger partial charge in [-0.3, -0.25) is 0 Å². The topological polar surface area (TPSA) is 12.0 Å². The summed E-state index contributed by atoms with van der Waals surface area (Å²) >= 11 is 3.71. The van der Waals surface area contributed by atoms with Crippen molar-refractivity contribution in [3.8, 4) is 0 Å². The number of hydrogen-bond acceptors (Lipinski definition) is 3. The van der Waals surface area contributed by atoms with Gasteiger partial charge in [-0.1, -0.05) is 6.07 Å². The van der Waals surface area contributed by atoms with Gasteiger partial charge in [-0.15, -0.1) is 23.5 Å². The molecule has 2 rings (SSSR count). The van der Waals surface area contributed by atoms with Crippen LogP contribution in [0.4, 0.5) is 0 Å². The van der Waals surface area contributed by atoms with Crippen molar-refractivity contribution in [2.24, 2.45) is 5.92 Å². The smallest absolute Gasteiger partial charge is 0.0112 e. The molecule has 0 spiro atoms. The summed E-state index contributed by atoms with van der Waals surface area (Å²) in [5.41, 5.74) is 1.53. The Balaban J connectivity index is 2.08. The maximum Gasteiger partial charge on any atom is 0.0112 e. The van der Waals surface area contributed by atoms with Crippen LogP contribution >= 0.6 is 23.5 Å². The standard InChI is InChI=1S/C14H21NS2/c1-16-13-6-5-12(14(9-13)17-2)8-11-4-3-7-15-10-11/h5-6,9,11,15H,3-4,7-8,10H2,1-2H3. The maximum absolute atomic E-state index is 3.50. The molecule has 94 valence electrons. The Kier molecular flexibility index (Phi) is 5.26. The zero-order chi connectivity index (χ0) is 12.1. The Labute approximate surface area is 113 Å². The quantitative estimate of drug-likeness (QED) is 0.836. The average molecular weight is 267 g/mol. The third-order valence-electron chi connectivity index (χ3n) is 3.40. The Morgan fingerprint density at radius 1 is 1.29 bits per heavy atom. The second-order valence-electron chi connectivity index (χ2n) is 4.59. The van der Waals surface area contributed by atoms with Crippen LogP contribution in [-0.4, -0.2) is 25.6 Å². The van der Waals surface area contributed by atoms with Crippen molar-refractivity contribution in [2.75, 3.05) is 25.6 Å². The summed E-state index contributed by atoms with van der Waals surface area (Å²) < 4.78 is 0. The lowest BCUT2D eigenvalue weighted by Gasteiger charge is -2.23. The molecule has 1 fully saturated rings. The number of rotatable bonds is 4. The first kappa shape index (κ1) is 13.3. The minimum Gasteiger partial charge on any atom is -0.316 e. The highest BCUT2D eigenvalue weighted by Crippen LogP contribution is 2.29. The van der Waals surface area contributed by atoms with E-state index in [1.807, 2.05) is 23.5 Å². The molecule has 0 aromatic heterocycles. The normalized spacial score (nSPS) is 20.5. The van der Waals surface area contributed by atoms with Crippen LogP contribution in [0.2, 0.25) is 0 Å². The van der Waals surface area contributed by atoms with Gasteiger partial charge in [-0.05, 0) is 68.5 Å². The minimum atomic E-state index is 0.828. The lowest BCUT2D eigenvalue weighted by Crippen LogP contribution is -2.30. The minimum absolute atomic E-state index is 0.828. The summed E-state index contributed by atoms with van der Waals surface area (Å²) in [6.45, 7) is 2.40. The summed E-state index contributed by atoms with van der Waals surface area (Å²) in [4.78, 5) is 2.84. The summed E-state index contributed by atoms with van der Waals surface area (Å²) in [7, 11) is 0. The van der Waals surface area contributed by atoms with E-state index in [0.717, 1.165) is 5.92 Å². The summed E-state index contributed by atoms with van der Waals surface area (Å²) in [5, 5.41) is 3.50. The second-order valence-corrected chi connectivity index (χ2v) is 6.32. The van der Waals surface area contributed by atoms with Gasteiger partial charge in [0.1, 0.15) is 0 Å². The van der Waals surface area contributed by atoms with Gasteiger partial charge in [0.05, 0.1) is 0 Å². The lowest BCUT2D eigenvalue weighted by atomic mass is 9.92. The number of hydrogen-bond donors (Lipinski definition) is 1. The molecular weight excluding hydrogens is 246 g/mol. The van der Waals surface area contributed by atoms with Crippen LogP contribution in [0.25, 0.3) is 0 Å². The molecule has 1 aromatic rings. The first-order valence-electron chi connectivity index (χ1n) is 6.25. The van der Waals surface area contributed by atoms with Crippen molar-refractivity contribution < 1.29 is 0 Å². The van der Waals surface area contributed by atoms with Crippen molar-refractivity contribution >= 4 is 23.5 Å². The van der Waals surface area contributed by atoms with E-state index in [1.165, 1.54) is 47.7 Å². The first-order valence-corrected chi connectivity index (χ1v) is 8.70. The highest BCUT2D eigenvalue weighted by Gasteiger charge is 2.15. The predicted molar refractivity (Wildman–Crippen MR) is 79.3 cm³/mol. The van der Waals surface area contributed by atoms with Gasteiger partial charge >= 0.3 is 0 Å². The molecule has 0 amide bonds. The largest absolute Gasteiger partial charge is 0.316 e. The van der Waals surface area contributed by atoms with Gasteiger partial charge in [0, 0.05) is 9.79 Å². The Bertz CT molecular complexity index is 359. The van der Waals surface area contributed by atoms with Crippen LogP contribution in [0.15, 0.2) is 28.0 Å². The SMILES string of the molecule is CSc1ccc(CC2CCCNC2)c(SC)c1. The van der Waals surface area contributed by atoms with Crippen LogP contribution < -0.4 is 5.32 Å². The van der Waals surface area contributed by atoms with E-state index in [1.54, 1.807) is 0 Å². The number of nitrogens with one attached hydrogen (secondary N) is 1. The molecule has 1 aliphatic rings. The van der Waals surface area contributed by atoms with E-state index in [2.05, 4.69) is 36.0 Å². The molecule has 1 aromatic carbocycles. The van der Waals surface area contributed by atoms with Gasteiger partial charge in [-0.2, -0.15) is 0 Å². The summed E-state index contributed by atoms with van der Waals surface area (Å²) in [5.74, 6) is 0.828. The molecule has 3 heteroatoms. The number of benzene rings is 1. The van der Waals surface area contributed by atoms with Crippen molar-refractivity contribution in [1.82, 2.24) is 5.32 Å². The van der Waals surface area contributed by atoms with Gasteiger partial charge in [0.2, 0.25) is 0 Å². The molecule has 1 unspecified atom stereocenters. The molecular formula is C14H21NS2. The van der Waals surface area contributed by atoms with E-state index in [9.17, 15) is 0 Å². The molecule has 0 saturated carbocycles. The first-order chi connectivity index (χ1) is 8.33. The molecule has 0 aliphatic carbocycles. The zero-order valence-electron chi connectivity index (χ0n) is 10.7. The molecule has 1 aliphatic heterocycles. The molecule has 1 heterocycles. The number of piperidine rings is 1. The van der Waals surface area contributed by atoms with Crippen LogP contribution in [0, 0.1) is 5.92 Å². The summed E-state index contributed by atoms with van der Waals surface area (Å²) in [6, 6.07) is 6.92. The molecule has 0 bridgehead atoms. The van der Waals surface area contributed by atoms with E-state index in [0.29, 0.717) is 0 Å². The van der Waals surface area contributed by atoms with Crippen molar-refractivity contribution in [3.63, 3.8) is 0 Å². The third-order valence-corrected chi connectivity index (χ3v) is 4.95. The van der Waals surface area contributed by atoms with Crippen molar-refractivity contribution in [2.45, 2.75) is 29.1 Å². The molecule has 17 heavy (non-hydrogen) atoms. The number of thioether (sulfide) groups is 2. The van der Waals surface area contributed by atoms with E-state index in [-0.39, 0.29) is 0 Å². The van der Waals surface area contributed by atoms with Gasteiger partial charge in [-0.25, -0.2) is 0 Å². The van der Waals surface area contributed by atoms with Gasteiger partial charge in [0.15, 0.2) is 0 Å². The molecule has 1 N–H and O–H groups in total. The molecule has 1 nitrogen and oxygen atoms in total. The third kappa shape index (κ3) is 3.67. The Hall–Kier alpha value is -0.120. The molecule has 0 radical (unpaired) electrons. The Morgan fingerprint density at radius 3 is 2.82 bits per heavy atom. The van der Waals surface area contributed by atoms with Crippen LogP contribution in [-0.2, 0) is 6.42 Å². The molecule has 1 saturated heterocycles. The Morgan fingerprint density at radius 2 is 2.18 bits per heavy atom. The monoisotopic (exact) mass is 267 g/mol. The highest BCUT2D eigenvalue weighted by molar-refractivity contribution is 7.99. The van der Waals surface area contributed by atoms with E-state index < -0.39 is 0 Å². The second kappa shape index (κ2) is 6.72. The van der Waals surface area contributed by atoms with Crippen LogP contribution in [0.5, 0.6) is 0 Å². The van der Waals surface area contributed by atoms with E-state index >= 15 is 0 Å². The fourth-order valence-electron chi connectivity index (χ4n) is 2.43. The van der Waals surface area contributed by atoms with Crippen LogP contribution in [0.3, 0.4) is 0 Å². The summed E-state index contributed by atoms with van der Waals surface area (Å²) in [6.07, 6.45) is 8.28. The van der Waals surface area contributed by atoms with Crippen molar-refractivity contribution in [1.29, 1.82) is 0 Å². The van der Waals surface area contributed by atoms with Gasteiger partial charge in [0.25, 0.3) is 0 Å². The van der Waals surface area contributed by atoms with Crippen molar-refractivity contribution in [3.05, 3.63) is 23.8 Å². The maximum atomic E-state index is 3.50. The predicted octanol–water partition coefficient (Wildman–Crippen LogP) is 3.67. The lowest BCUT2D eigenvalue weighted by molar-refractivity contribution is 0.374.